The Kier molecular flexibility index (Phi) is 2.81. The third-order valence-corrected chi connectivity index (χ3v) is 2.33. The highest BCUT2D eigenvalue weighted by Crippen LogP contribution is 2.06. The number of benzene rings is 1. The largest absolute Gasteiger partial charge is 0.333 e. The standard InChI is InChI=1S/C12H13FN2/c1-2-12-8-15(9-14-12)7-10-3-5-11(13)6-4-10/h3-6,8-9H,2,7H2,1H3. The van der Waals surface area contributed by atoms with Crippen molar-refractivity contribution < 1.29 is 4.39 Å². The van der Waals surface area contributed by atoms with E-state index in [2.05, 4.69) is 11.9 Å². The number of imidazole rings is 1. The Morgan fingerprint density at radius 3 is 2.60 bits per heavy atom. The van der Waals surface area contributed by atoms with Crippen LogP contribution in [-0.4, -0.2) is 9.55 Å². The van der Waals surface area contributed by atoms with Gasteiger partial charge < -0.3 is 4.57 Å². The van der Waals surface area contributed by atoms with Crippen LogP contribution in [-0.2, 0) is 13.0 Å². The maximum atomic E-state index is 12.7. The van der Waals surface area contributed by atoms with Gasteiger partial charge in [0.15, 0.2) is 0 Å². The van der Waals surface area contributed by atoms with Gasteiger partial charge in [-0.3, -0.25) is 0 Å². The van der Waals surface area contributed by atoms with Gasteiger partial charge in [-0.1, -0.05) is 19.1 Å². The first-order valence-electron chi connectivity index (χ1n) is 5.03. The maximum Gasteiger partial charge on any atom is 0.123 e. The highest BCUT2D eigenvalue weighted by Gasteiger charge is 1.98. The highest BCUT2D eigenvalue weighted by molar-refractivity contribution is 5.16. The summed E-state index contributed by atoms with van der Waals surface area (Å²) in [5.41, 5.74) is 2.16. The summed E-state index contributed by atoms with van der Waals surface area (Å²) in [7, 11) is 0. The Morgan fingerprint density at radius 2 is 2.00 bits per heavy atom. The molecular formula is C12H13FN2. The minimum atomic E-state index is -0.196. The molecule has 0 N–H and O–H groups in total. The van der Waals surface area contributed by atoms with Crippen LogP contribution in [0.4, 0.5) is 4.39 Å². The molecule has 0 unspecified atom stereocenters. The van der Waals surface area contributed by atoms with Crippen LogP contribution in [0.2, 0.25) is 0 Å². The molecule has 2 nitrogen and oxygen atoms in total. The molecule has 3 heteroatoms. The first kappa shape index (κ1) is 9.90. The molecule has 0 amide bonds. The minimum absolute atomic E-state index is 0.196. The van der Waals surface area contributed by atoms with E-state index in [1.165, 1.54) is 12.1 Å². The van der Waals surface area contributed by atoms with E-state index in [1.807, 2.05) is 17.1 Å². The number of aryl methyl sites for hydroxylation is 1. The average molecular weight is 204 g/mol. The van der Waals surface area contributed by atoms with Gasteiger partial charge in [0, 0.05) is 12.7 Å². The van der Waals surface area contributed by atoms with Gasteiger partial charge in [-0.15, -0.1) is 0 Å². The van der Waals surface area contributed by atoms with Crippen LogP contribution in [0.15, 0.2) is 36.8 Å². The fraction of sp³-hybridized carbons (Fsp3) is 0.250. The van der Waals surface area contributed by atoms with E-state index in [9.17, 15) is 4.39 Å². The first-order valence-corrected chi connectivity index (χ1v) is 5.03. The first-order chi connectivity index (χ1) is 7.28. The van der Waals surface area contributed by atoms with Crippen molar-refractivity contribution in [3.8, 4) is 0 Å². The Morgan fingerprint density at radius 1 is 1.27 bits per heavy atom. The fourth-order valence-corrected chi connectivity index (χ4v) is 1.48. The lowest BCUT2D eigenvalue weighted by molar-refractivity contribution is 0.626. The summed E-state index contributed by atoms with van der Waals surface area (Å²) in [4.78, 5) is 4.24. The molecule has 1 aromatic heterocycles. The van der Waals surface area contributed by atoms with Crippen molar-refractivity contribution in [3.63, 3.8) is 0 Å². The number of hydrogen-bond donors (Lipinski definition) is 0. The van der Waals surface area contributed by atoms with Crippen LogP contribution in [0.25, 0.3) is 0 Å². The van der Waals surface area contributed by atoms with Gasteiger partial charge in [-0.05, 0) is 24.1 Å². The van der Waals surface area contributed by atoms with Gasteiger partial charge in [-0.2, -0.15) is 0 Å². The second-order valence-electron chi connectivity index (χ2n) is 3.52. The van der Waals surface area contributed by atoms with Crippen LogP contribution in [0.3, 0.4) is 0 Å². The summed E-state index contributed by atoms with van der Waals surface area (Å²) in [6, 6.07) is 6.54. The van der Waals surface area contributed by atoms with Crippen LogP contribution in [0.5, 0.6) is 0 Å². The molecule has 0 saturated carbocycles. The van der Waals surface area contributed by atoms with Gasteiger partial charge in [-0.25, -0.2) is 9.37 Å². The maximum absolute atomic E-state index is 12.7. The number of nitrogens with zero attached hydrogens (tertiary/aromatic N) is 2. The molecule has 2 aromatic rings. The summed E-state index contributed by atoms with van der Waals surface area (Å²) in [5, 5.41) is 0. The second kappa shape index (κ2) is 4.26. The molecule has 0 fully saturated rings. The molecule has 0 atom stereocenters. The predicted octanol–water partition coefficient (Wildman–Crippen LogP) is 2.63. The summed E-state index contributed by atoms with van der Waals surface area (Å²) < 4.78 is 14.7. The van der Waals surface area contributed by atoms with Crippen molar-refractivity contribution in [3.05, 3.63) is 53.9 Å². The highest BCUT2D eigenvalue weighted by atomic mass is 19.1. The van der Waals surface area contributed by atoms with Crippen LogP contribution >= 0.6 is 0 Å². The molecule has 78 valence electrons. The monoisotopic (exact) mass is 204 g/mol. The molecule has 0 saturated heterocycles. The lowest BCUT2D eigenvalue weighted by Gasteiger charge is -2.01. The summed E-state index contributed by atoms with van der Waals surface area (Å²) >= 11 is 0. The van der Waals surface area contributed by atoms with E-state index in [0.717, 1.165) is 24.2 Å². The van der Waals surface area contributed by atoms with Crippen LogP contribution in [0, 0.1) is 5.82 Å². The summed E-state index contributed by atoms with van der Waals surface area (Å²) in [6.45, 7) is 2.82. The topological polar surface area (TPSA) is 17.8 Å². The third kappa shape index (κ3) is 2.43. The van der Waals surface area contributed by atoms with Crippen LogP contribution < -0.4 is 0 Å². The molecule has 1 heterocycles. The summed E-state index contributed by atoms with van der Waals surface area (Å²) in [6.07, 6.45) is 4.77. The SMILES string of the molecule is CCc1cn(Cc2ccc(F)cc2)cn1. The van der Waals surface area contributed by atoms with E-state index in [1.54, 1.807) is 12.1 Å². The van der Waals surface area contributed by atoms with Crippen molar-refractivity contribution in [1.82, 2.24) is 9.55 Å². The molecule has 15 heavy (non-hydrogen) atoms. The molecule has 0 radical (unpaired) electrons. The Hall–Kier alpha value is -1.64. The number of aromatic nitrogens is 2. The third-order valence-electron chi connectivity index (χ3n) is 2.33. The number of hydrogen-bond acceptors (Lipinski definition) is 1. The van der Waals surface area contributed by atoms with Crippen molar-refractivity contribution >= 4 is 0 Å². The smallest absolute Gasteiger partial charge is 0.123 e. The molecule has 2 rings (SSSR count). The van der Waals surface area contributed by atoms with Gasteiger partial charge in [0.2, 0.25) is 0 Å². The van der Waals surface area contributed by atoms with Gasteiger partial charge in [0.25, 0.3) is 0 Å². The zero-order valence-electron chi connectivity index (χ0n) is 8.65. The van der Waals surface area contributed by atoms with Crippen molar-refractivity contribution in [2.75, 3.05) is 0 Å². The van der Waals surface area contributed by atoms with Crippen molar-refractivity contribution in [1.29, 1.82) is 0 Å². The molecule has 1 aromatic carbocycles. The molecule has 0 spiro atoms. The van der Waals surface area contributed by atoms with Crippen molar-refractivity contribution in [2.24, 2.45) is 0 Å². The number of rotatable bonds is 3. The second-order valence-corrected chi connectivity index (χ2v) is 3.52. The van der Waals surface area contributed by atoms with Crippen molar-refractivity contribution in [2.45, 2.75) is 19.9 Å². The molecular weight excluding hydrogens is 191 g/mol. The zero-order chi connectivity index (χ0) is 10.7. The normalized spacial score (nSPS) is 10.5. The average Bonchev–Trinajstić information content (AvgIpc) is 2.69. The lowest BCUT2D eigenvalue weighted by Crippen LogP contribution is -1.96. The van der Waals surface area contributed by atoms with Gasteiger partial charge >= 0.3 is 0 Å². The zero-order valence-corrected chi connectivity index (χ0v) is 8.65. The van der Waals surface area contributed by atoms with Gasteiger partial charge in [0.05, 0.1) is 12.0 Å². The van der Waals surface area contributed by atoms with E-state index in [0.29, 0.717) is 0 Å². The Labute approximate surface area is 88.4 Å². The predicted molar refractivity (Wildman–Crippen MR) is 57.1 cm³/mol. The number of halogens is 1. The molecule has 0 aliphatic rings. The van der Waals surface area contributed by atoms with Gasteiger partial charge in [0.1, 0.15) is 5.82 Å². The van der Waals surface area contributed by atoms with E-state index < -0.39 is 0 Å². The van der Waals surface area contributed by atoms with E-state index >= 15 is 0 Å². The van der Waals surface area contributed by atoms with Crippen LogP contribution in [0.1, 0.15) is 18.2 Å². The minimum Gasteiger partial charge on any atom is -0.333 e. The molecule has 0 bridgehead atoms. The van der Waals surface area contributed by atoms with E-state index in [4.69, 9.17) is 0 Å². The fourth-order valence-electron chi connectivity index (χ4n) is 1.48. The summed E-state index contributed by atoms with van der Waals surface area (Å²) in [5.74, 6) is -0.196. The quantitative estimate of drug-likeness (QED) is 0.751. The molecule has 0 aliphatic heterocycles. The Balaban J connectivity index is 2.11. The lowest BCUT2D eigenvalue weighted by atomic mass is 10.2. The molecule has 0 aliphatic carbocycles. The van der Waals surface area contributed by atoms with E-state index in [-0.39, 0.29) is 5.82 Å². The Bertz CT molecular complexity index is 431.